The fourth-order valence-corrected chi connectivity index (χ4v) is 4.93. The molecule has 1 saturated heterocycles. The molecule has 1 aliphatic rings. The summed E-state index contributed by atoms with van der Waals surface area (Å²) in [6, 6.07) is 14.3. The Morgan fingerprint density at radius 3 is 2.50 bits per heavy atom. The Kier molecular flexibility index (Phi) is 9.94. The van der Waals surface area contributed by atoms with E-state index < -0.39 is 11.7 Å². The maximum Gasteiger partial charge on any atom is 0.421 e. The summed E-state index contributed by atoms with van der Waals surface area (Å²) in [6.45, 7) is 9.71. The second-order valence-corrected chi connectivity index (χ2v) is 10.8. The van der Waals surface area contributed by atoms with Crippen molar-refractivity contribution in [3.05, 3.63) is 68.9 Å². The number of unbranched alkanes of at least 4 members (excludes halogenated alkanes) is 1. The van der Waals surface area contributed by atoms with Gasteiger partial charge in [-0.2, -0.15) is 0 Å². The molecule has 2 aromatic carbocycles. The smallest absolute Gasteiger partial charge is 0.421 e. The molecular formula is C29H35Cl2N3O4. The number of pyridine rings is 1. The number of piperazine rings is 1. The molecule has 0 spiro atoms. The topological polar surface area (TPSA) is 64.0 Å². The van der Waals surface area contributed by atoms with E-state index in [0.717, 1.165) is 67.6 Å². The Balaban J connectivity index is 1.25. The summed E-state index contributed by atoms with van der Waals surface area (Å²) in [4.78, 5) is 29.8. The van der Waals surface area contributed by atoms with Gasteiger partial charge in [-0.15, -0.1) is 0 Å². The maximum atomic E-state index is 12.6. The van der Waals surface area contributed by atoms with Gasteiger partial charge in [0, 0.05) is 38.3 Å². The molecule has 1 fully saturated rings. The number of ether oxygens (including phenoxy) is 2. The summed E-state index contributed by atoms with van der Waals surface area (Å²) in [5.41, 5.74) is 1.07. The number of hydrogen-bond donors (Lipinski definition) is 0. The lowest BCUT2D eigenvalue weighted by Crippen LogP contribution is -2.46. The largest absolute Gasteiger partial charge is 0.494 e. The van der Waals surface area contributed by atoms with Gasteiger partial charge in [0.15, 0.2) is 0 Å². The van der Waals surface area contributed by atoms with Gasteiger partial charge < -0.3 is 14.4 Å². The van der Waals surface area contributed by atoms with Crippen molar-refractivity contribution in [1.29, 1.82) is 0 Å². The van der Waals surface area contributed by atoms with E-state index in [1.54, 1.807) is 12.1 Å². The minimum absolute atomic E-state index is 0.277. The number of benzene rings is 2. The van der Waals surface area contributed by atoms with Crippen LogP contribution in [0.15, 0.2) is 53.3 Å². The molecule has 0 atom stereocenters. The predicted molar refractivity (Wildman–Crippen MR) is 154 cm³/mol. The Bertz CT molecular complexity index is 1300. The lowest BCUT2D eigenvalue weighted by atomic mass is 10.1. The number of hydrogen-bond acceptors (Lipinski definition) is 6. The average Bonchev–Trinajstić information content (AvgIpc) is 2.90. The van der Waals surface area contributed by atoms with E-state index in [2.05, 4.69) is 23.6 Å². The number of carbonyl (C=O) groups excluding carboxylic acids is 1. The number of carbonyl (C=O) groups is 1. The van der Waals surface area contributed by atoms with Gasteiger partial charge in [0.2, 0.25) is 0 Å². The summed E-state index contributed by atoms with van der Waals surface area (Å²) in [6.07, 6.45) is 2.00. The first-order valence-corrected chi connectivity index (χ1v) is 14.0. The zero-order chi connectivity index (χ0) is 27.1. The van der Waals surface area contributed by atoms with Crippen molar-refractivity contribution >= 4 is 45.9 Å². The van der Waals surface area contributed by atoms with Gasteiger partial charge in [-0.25, -0.2) is 9.36 Å². The maximum absolute atomic E-state index is 12.6. The number of anilines is 1. The molecule has 3 aromatic rings. The lowest BCUT2D eigenvalue weighted by molar-refractivity contribution is 0.142. The zero-order valence-electron chi connectivity index (χ0n) is 22.0. The molecular weight excluding hydrogens is 525 g/mol. The summed E-state index contributed by atoms with van der Waals surface area (Å²) in [5.74, 6) is 1.03. The monoisotopic (exact) mass is 559 g/mol. The molecule has 4 rings (SSSR count). The van der Waals surface area contributed by atoms with Gasteiger partial charge in [-0.1, -0.05) is 43.1 Å². The number of fused-ring (bicyclic) bond motifs is 1. The van der Waals surface area contributed by atoms with Crippen molar-refractivity contribution in [2.75, 3.05) is 50.8 Å². The van der Waals surface area contributed by atoms with Gasteiger partial charge in [-0.3, -0.25) is 9.69 Å². The highest BCUT2D eigenvalue weighted by atomic mass is 35.5. The Morgan fingerprint density at radius 2 is 1.74 bits per heavy atom. The molecule has 0 amide bonds. The van der Waals surface area contributed by atoms with Crippen LogP contribution < -0.4 is 15.2 Å². The van der Waals surface area contributed by atoms with E-state index in [1.165, 1.54) is 6.07 Å². The van der Waals surface area contributed by atoms with Gasteiger partial charge in [0.05, 0.1) is 34.5 Å². The summed E-state index contributed by atoms with van der Waals surface area (Å²) >= 11 is 12.6. The molecule has 9 heteroatoms. The number of nitrogens with zero attached hydrogens (tertiary/aromatic N) is 3. The number of rotatable bonds is 10. The summed E-state index contributed by atoms with van der Waals surface area (Å²) in [5, 5.41) is 1.98. The first-order chi connectivity index (χ1) is 18.3. The van der Waals surface area contributed by atoms with Crippen LogP contribution in [0.25, 0.3) is 10.9 Å². The quantitative estimate of drug-likeness (QED) is 0.271. The minimum Gasteiger partial charge on any atom is -0.494 e. The molecule has 0 saturated carbocycles. The first kappa shape index (κ1) is 28.3. The van der Waals surface area contributed by atoms with E-state index in [1.807, 2.05) is 30.3 Å². The Morgan fingerprint density at radius 1 is 0.974 bits per heavy atom. The number of aromatic nitrogens is 1. The fourth-order valence-electron chi connectivity index (χ4n) is 4.51. The van der Waals surface area contributed by atoms with E-state index in [0.29, 0.717) is 33.8 Å². The molecule has 1 aromatic heterocycles. The van der Waals surface area contributed by atoms with Crippen molar-refractivity contribution < 1.29 is 14.3 Å². The van der Waals surface area contributed by atoms with Gasteiger partial charge in [0.25, 0.3) is 5.56 Å². The van der Waals surface area contributed by atoms with Crippen LogP contribution in [-0.2, 0) is 4.74 Å². The second-order valence-electron chi connectivity index (χ2n) is 9.98. The molecule has 7 nitrogen and oxygen atoms in total. The summed E-state index contributed by atoms with van der Waals surface area (Å²) in [7, 11) is 0. The third-order valence-corrected chi connectivity index (χ3v) is 7.56. The van der Waals surface area contributed by atoms with Gasteiger partial charge >= 0.3 is 6.09 Å². The normalized spacial score (nSPS) is 14.3. The van der Waals surface area contributed by atoms with Crippen molar-refractivity contribution in [2.24, 2.45) is 5.92 Å². The highest BCUT2D eigenvalue weighted by molar-refractivity contribution is 6.43. The molecule has 0 unspecified atom stereocenters. The lowest BCUT2D eigenvalue weighted by Gasteiger charge is -2.36. The third-order valence-electron chi connectivity index (χ3n) is 6.75. The van der Waals surface area contributed by atoms with Crippen molar-refractivity contribution in [3.63, 3.8) is 0 Å². The van der Waals surface area contributed by atoms with Crippen LogP contribution in [0.3, 0.4) is 0 Å². The molecule has 2 heterocycles. The molecule has 204 valence electrons. The van der Waals surface area contributed by atoms with E-state index >= 15 is 0 Å². The van der Waals surface area contributed by atoms with Crippen LogP contribution in [-0.4, -0.2) is 61.5 Å². The molecule has 0 aliphatic carbocycles. The van der Waals surface area contributed by atoms with E-state index in [4.69, 9.17) is 32.7 Å². The van der Waals surface area contributed by atoms with E-state index in [9.17, 15) is 9.59 Å². The van der Waals surface area contributed by atoms with Crippen molar-refractivity contribution in [2.45, 2.75) is 33.1 Å². The molecule has 0 N–H and O–H groups in total. The van der Waals surface area contributed by atoms with Crippen molar-refractivity contribution in [3.8, 4) is 5.75 Å². The molecule has 0 bridgehead atoms. The van der Waals surface area contributed by atoms with Crippen LogP contribution in [0.4, 0.5) is 10.5 Å². The van der Waals surface area contributed by atoms with Crippen LogP contribution in [0.2, 0.25) is 10.0 Å². The highest BCUT2D eigenvalue weighted by Gasteiger charge is 2.19. The van der Waals surface area contributed by atoms with Crippen LogP contribution in [0.1, 0.15) is 33.1 Å². The van der Waals surface area contributed by atoms with Gasteiger partial charge in [-0.05, 0) is 67.4 Å². The minimum atomic E-state index is -0.656. The molecule has 0 radical (unpaired) electrons. The Hall–Kier alpha value is -2.74. The van der Waals surface area contributed by atoms with Crippen LogP contribution >= 0.6 is 23.2 Å². The Labute approximate surface area is 233 Å². The SMILES string of the molecule is CC(C)CCOC(=O)n1c(=O)ccc2ccc(OCCCCN3CCN(c4cccc(Cl)c4Cl)CC3)cc21. The first-order valence-electron chi connectivity index (χ1n) is 13.2. The summed E-state index contributed by atoms with van der Waals surface area (Å²) < 4.78 is 12.4. The second kappa shape index (κ2) is 13.4. The van der Waals surface area contributed by atoms with E-state index in [-0.39, 0.29) is 6.61 Å². The van der Waals surface area contributed by atoms with Gasteiger partial charge in [0.1, 0.15) is 5.75 Å². The highest BCUT2D eigenvalue weighted by Crippen LogP contribution is 2.32. The molecule has 1 aliphatic heterocycles. The molecule has 38 heavy (non-hydrogen) atoms. The standard InChI is InChI=1S/C29H35Cl2N3O4/c1-21(2)12-19-38-29(36)34-26-20-23(10-8-22(26)9-11-27(34)35)37-18-4-3-13-32-14-16-33(17-15-32)25-7-5-6-24(30)28(25)31/h5-11,20-21H,3-4,12-19H2,1-2H3. The van der Waals surface area contributed by atoms with Crippen LogP contribution in [0, 0.1) is 5.92 Å². The third kappa shape index (κ3) is 7.22. The zero-order valence-corrected chi connectivity index (χ0v) is 23.5. The fraction of sp³-hybridized carbons (Fsp3) is 0.448. The number of halogens is 2. The average molecular weight is 561 g/mol. The van der Waals surface area contributed by atoms with Crippen molar-refractivity contribution in [1.82, 2.24) is 9.47 Å². The predicted octanol–water partition coefficient (Wildman–Crippen LogP) is 6.32. The van der Waals surface area contributed by atoms with Crippen LogP contribution in [0.5, 0.6) is 5.75 Å².